The predicted molar refractivity (Wildman–Crippen MR) is 95.0 cm³/mol. The molecule has 0 saturated carbocycles. The van der Waals surface area contributed by atoms with Crippen molar-refractivity contribution in [1.82, 2.24) is 10.2 Å². The van der Waals surface area contributed by atoms with Gasteiger partial charge < -0.3 is 15.4 Å². The van der Waals surface area contributed by atoms with E-state index < -0.39 is 41.7 Å². The third kappa shape index (κ3) is 6.08. The summed E-state index contributed by atoms with van der Waals surface area (Å²) in [5, 5.41) is 4.41. The first kappa shape index (κ1) is 22.5. The van der Waals surface area contributed by atoms with Crippen molar-refractivity contribution in [1.29, 1.82) is 0 Å². The van der Waals surface area contributed by atoms with Crippen molar-refractivity contribution in [2.75, 3.05) is 18.4 Å². The Morgan fingerprint density at radius 2 is 2.03 bits per heavy atom. The molecular weight excluding hydrogens is 419 g/mol. The van der Waals surface area contributed by atoms with Gasteiger partial charge in [-0.15, -0.1) is 0 Å². The highest BCUT2D eigenvalue weighted by Gasteiger charge is 2.31. The lowest BCUT2D eigenvalue weighted by atomic mass is 10.2. The van der Waals surface area contributed by atoms with Crippen LogP contribution >= 0.6 is 11.6 Å². The molecule has 0 aromatic heterocycles. The number of halogens is 4. The number of hydrogen-bond donors (Lipinski definition) is 2. The Bertz CT molecular complexity index is 815. The van der Waals surface area contributed by atoms with Crippen LogP contribution in [-0.2, 0) is 25.3 Å². The molecule has 1 aliphatic heterocycles. The fraction of sp³-hybridized carbons (Fsp3) is 0.412. The number of carbonyl (C=O) groups excluding carboxylic acids is 4. The summed E-state index contributed by atoms with van der Waals surface area (Å²) in [4.78, 5) is 47.6. The Kier molecular flexibility index (Phi) is 7.07. The van der Waals surface area contributed by atoms with Gasteiger partial charge in [0.2, 0.25) is 5.91 Å². The molecule has 158 valence electrons. The standard InChI is InChI=1S/C17H17ClF3N3O5/c1-9(29-14(26)3-2-6-24-13(25)8-22-16(24)28)15(27)23-12-7-10(17(19,20)21)4-5-11(12)18/h4-5,7,9H,2-3,6,8H2,1H3,(H,22,28)(H,23,27)/t9-/m1/s1. The molecule has 1 aromatic carbocycles. The largest absolute Gasteiger partial charge is 0.453 e. The Morgan fingerprint density at radius 1 is 1.34 bits per heavy atom. The van der Waals surface area contributed by atoms with Crippen molar-refractivity contribution < 1.29 is 37.1 Å². The molecule has 12 heteroatoms. The van der Waals surface area contributed by atoms with Crippen LogP contribution in [0.15, 0.2) is 18.2 Å². The van der Waals surface area contributed by atoms with Crippen LogP contribution in [0.4, 0.5) is 23.7 Å². The first-order valence-electron chi connectivity index (χ1n) is 8.44. The lowest BCUT2D eigenvalue weighted by molar-refractivity contribution is -0.153. The summed E-state index contributed by atoms with van der Waals surface area (Å²) in [7, 11) is 0. The van der Waals surface area contributed by atoms with Crippen LogP contribution in [0.3, 0.4) is 0 Å². The molecule has 1 heterocycles. The van der Waals surface area contributed by atoms with E-state index in [-0.39, 0.29) is 36.6 Å². The molecular formula is C17H17ClF3N3O5. The smallest absolute Gasteiger partial charge is 0.416 e. The summed E-state index contributed by atoms with van der Waals surface area (Å²) < 4.78 is 43.2. The van der Waals surface area contributed by atoms with E-state index in [1.165, 1.54) is 6.92 Å². The van der Waals surface area contributed by atoms with Gasteiger partial charge in [0.1, 0.15) is 0 Å². The zero-order valence-electron chi connectivity index (χ0n) is 15.1. The van der Waals surface area contributed by atoms with E-state index in [2.05, 4.69) is 10.6 Å². The van der Waals surface area contributed by atoms with Crippen LogP contribution in [0.2, 0.25) is 5.02 Å². The van der Waals surface area contributed by atoms with Gasteiger partial charge in [0.05, 0.1) is 22.8 Å². The van der Waals surface area contributed by atoms with Crippen molar-refractivity contribution in [2.45, 2.75) is 32.0 Å². The molecule has 1 aromatic rings. The van der Waals surface area contributed by atoms with E-state index in [0.29, 0.717) is 6.07 Å². The molecule has 0 radical (unpaired) electrons. The minimum absolute atomic E-state index is 0.0141. The number of anilines is 1. The van der Waals surface area contributed by atoms with Gasteiger partial charge in [-0.05, 0) is 31.5 Å². The third-order valence-electron chi connectivity index (χ3n) is 3.93. The second-order valence-electron chi connectivity index (χ2n) is 6.12. The maximum absolute atomic E-state index is 12.8. The molecule has 2 N–H and O–H groups in total. The van der Waals surface area contributed by atoms with Gasteiger partial charge in [0.25, 0.3) is 5.91 Å². The van der Waals surface area contributed by atoms with Crippen LogP contribution in [-0.4, -0.2) is 47.9 Å². The van der Waals surface area contributed by atoms with Gasteiger partial charge >= 0.3 is 18.2 Å². The van der Waals surface area contributed by atoms with E-state index >= 15 is 0 Å². The van der Waals surface area contributed by atoms with Gasteiger partial charge in [0, 0.05) is 13.0 Å². The molecule has 29 heavy (non-hydrogen) atoms. The third-order valence-corrected chi connectivity index (χ3v) is 4.26. The van der Waals surface area contributed by atoms with Crippen molar-refractivity contribution in [3.05, 3.63) is 28.8 Å². The number of alkyl halides is 3. The lowest BCUT2D eigenvalue weighted by Gasteiger charge is -2.16. The van der Waals surface area contributed by atoms with Crippen LogP contribution in [0.1, 0.15) is 25.3 Å². The lowest BCUT2D eigenvalue weighted by Crippen LogP contribution is -2.33. The Hall–Kier alpha value is -2.82. The second-order valence-corrected chi connectivity index (χ2v) is 6.53. The molecule has 8 nitrogen and oxygen atoms in total. The predicted octanol–water partition coefficient (Wildman–Crippen LogP) is 2.56. The number of carbonyl (C=O) groups is 4. The summed E-state index contributed by atoms with van der Waals surface area (Å²) in [6, 6.07) is 1.89. The number of urea groups is 1. The molecule has 0 spiro atoms. The topological polar surface area (TPSA) is 105 Å². The average molecular weight is 436 g/mol. The summed E-state index contributed by atoms with van der Waals surface area (Å²) in [5.41, 5.74) is -1.27. The molecule has 4 amide bonds. The van der Waals surface area contributed by atoms with Crippen molar-refractivity contribution >= 4 is 41.1 Å². The van der Waals surface area contributed by atoms with Crippen molar-refractivity contribution in [2.24, 2.45) is 0 Å². The van der Waals surface area contributed by atoms with Crippen molar-refractivity contribution in [3.63, 3.8) is 0 Å². The van der Waals surface area contributed by atoms with Crippen LogP contribution < -0.4 is 10.6 Å². The Balaban J connectivity index is 1.85. The van der Waals surface area contributed by atoms with Crippen LogP contribution in [0.25, 0.3) is 0 Å². The van der Waals surface area contributed by atoms with E-state index in [0.717, 1.165) is 17.0 Å². The van der Waals surface area contributed by atoms with E-state index in [1.54, 1.807) is 0 Å². The summed E-state index contributed by atoms with van der Waals surface area (Å²) in [6.07, 6.45) is -5.95. The number of nitrogens with zero attached hydrogens (tertiary/aromatic N) is 1. The average Bonchev–Trinajstić information content (AvgIpc) is 2.94. The SMILES string of the molecule is C[C@@H](OC(=O)CCCN1C(=O)CNC1=O)C(=O)Nc1cc(C(F)(F)F)ccc1Cl. The van der Waals surface area contributed by atoms with Gasteiger partial charge in [0.15, 0.2) is 6.10 Å². The van der Waals surface area contributed by atoms with Gasteiger partial charge in [-0.2, -0.15) is 13.2 Å². The van der Waals surface area contributed by atoms with Crippen LogP contribution in [0.5, 0.6) is 0 Å². The minimum Gasteiger partial charge on any atom is -0.453 e. The molecule has 2 rings (SSSR count). The normalized spacial score (nSPS) is 15.1. The number of benzene rings is 1. The fourth-order valence-electron chi connectivity index (χ4n) is 2.40. The highest BCUT2D eigenvalue weighted by Crippen LogP contribution is 2.33. The van der Waals surface area contributed by atoms with E-state index in [9.17, 15) is 32.3 Å². The number of rotatable bonds is 7. The summed E-state index contributed by atoms with van der Waals surface area (Å²) >= 11 is 5.80. The zero-order valence-corrected chi connectivity index (χ0v) is 15.9. The highest BCUT2D eigenvalue weighted by molar-refractivity contribution is 6.33. The van der Waals surface area contributed by atoms with Crippen LogP contribution in [0, 0.1) is 0 Å². The molecule has 0 unspecified atom stereocenters. The number of amides is 4. The van der Waals surface area contributed by atoms with Gasteiger partial charge in [-0.25, -0.2) is 4.79 Å². The summed E-state index contributed by atoms with van der Waals surface area (Å²) in [5.74, 6) is -2.04. The van der Waals surface area contributed by atoms with E-state index in [1.807, 2.05) is 0 Å². The summed E-state index contributed by atoms with van der Waals surface area (Å²) in [6.45, 7) is 1.16. The van der Waals surface area contributed by atoms with Gasteiger partial charge in [-0.3, -0.25) is 19.3 Å². The second kappa shape index (κ2) is 9.12. The number of imide groups is 1. The number of nitrogens with one attached hydrogen (secondary N) is 2. The Morgan fingerprint density at radius 3 is 2.62 bits per heavy atom. The fourth-order valence-corrected chi connectivity index (χ4v) is 2.57. The number of hydrogen-bond acceptors (Lipinski definition) is 5. The maximum Gasteiger partial charge on any atom is 0.416 e. The number of esters is 1. The quantitative estimate of drug-likeness (QED) is 0.506. The monoisotopic (exact) mass is 435 g/mol. The van der Waals surface area contributed by atoms with Crippen molar-refractivity contribution in [3.8, 4) is 0 Å². The molecule has 1 atom stereocenters. The molecule has 0 bridgehead atoms. The highest BCUT2D eigenvalue weighted by atomic mass is 35.5. The Labute approximate surface area is 168 Å². The first-order chi connectivity index (χ1) is 13.5. The minimum atomic E-state index is -4.62. The maximum atomic E-state index is 12.8. The number of ether oxygens (including phenoxy) is 1. The van der Waals surface area contributed by atoms with Gasteiger partial charge in [-0.1, -0.05) is 11.6 Å². The molecule has 1 fully saturated rings. The van der Waals surface area contributed by atoms with E-state index in [4.69, 9.17) is 16.3 Å². The molecule has 1 saturated heterocycles. The molecule has 1 aliphatic rings. The molecule has 0 aliphatic carbocycles. The first-order valence-corrected chi connectivity index (χ1v) is 8.82. The zero-order chi connectivity index (χ0) is 21.8.